The molecule has 0 aliphatic rings. The molecule has 1 aromatic carbocycles. The van der Waals surface area contributed by atoms with E-state index < -0.39 is 5.97 Å². The fraction of sp³-hybridized carbons (Fsp3) is 0. The number of rotatable bonds is 3. The van der Waals surface area contributed by atoms with Gasteiger partial charge in [0.2, 0.25) is 0 Å². The van der Waals surface area contributed by atoms with Crippen molar-refractivity contribution in [1.29, 1.82) is 0 Å². The molecule has 0 saturated carbocycles. The normalized spacial score (nSPS) is 10.2. The van der Waals surface area contributed by atoms with Crippen LogP contribution in [0.4, 0.5) is 5.69 Å². The smallest absolute Gasteiger partial charge is 0.329 e. The molecule has 2 N–H and O–H groups in total. The number of carboxylic acids is 1. The lowest BCUT2D eigenvalue weighted by atomic mass is 10.3. The number of para-hydroxylation sites is 1. The summed E-state index contributed by atoms with van der Waals surface area (Å²) in [6.45, 7) is 0. The van der Waals surface area contributed by atoms with Gasteiger partial charge in [0, 0.05) is 16.7 Å². The third kappa shape index (κ3) is 3.29. The summed E-state index contributed by atoms with van der Waals surface area (Å²) in [4.78, 5) is 10.1. The van der Waals surface area contributed by atoms with Crippen LogP contribution in [0.5, 0.6) is 0 Å². The molecule has 0 fully saturated rings. The van der Waals surface area contributed by atoms with Crippen LogP contribution in [0.3, 0.4) is 0 Å². The Morgan fingerprint density at radius 3 is 2.77 bits per heavy atom. The zero-order valence-electron chi connectivity index (χ0n) is 6.70. The Morgan fingerprint density at radius 2 is 2.15 bits per heavy atom. The van der Waals surface area contributed by atoms with Gasteiger partial charge in [-0.15, -0.1) is 0 Å². The molecule has 0 spiro atoms. The molecule has 0 aliphatic heterocycles. The van der Waals surface area contributed by atoms with E-state index in [0.717, 1.165) is 16.2 Å². The monoisotopic (exact) mass is 241 g/mol. The molecule has 0 saturated heterocycles. The SMILES string of the molecule is O=C(O)/C=C/Nc1ccccc1Br. The van der Waals surface area contributed by atoms with Gasteiger partial charge in [0.05, 0.1) is 5.69 Å². The fourth-order valence-electron chi connectivity index (χ4n) is 0.781. The lowest BCUT2D eigenvalue weighted by molar-refractivity contribution is -0.131. The first kappa shape index (κ1) is 9.80. The van der Waals surface area contributed by atoms with Gasteiger partial charge in [-0.2, -0.15) is 0 Å². The predicted octanol–water partition coefficient (Wildman–Crippen LogP) is 2.46. The van der Waals surface area contributed by atoms with Crippen molar-refractivity contribution in [2.75, 3.05) is 5.32 Å². The zero-order valence-corrected chi connectivity index (χ0v) is 8.28. The van der Waals surface area contributed by atoms with Crippen molar-refractivity contribution in [3.8, 4) is 0 Å². The van der Waals surface area contributed by atoms with Gasteiger partial charge in [0.15, 0.2) is 0 Å². The maximum Gasteiger partial charge on any atom is 0.329 e. The number of carbonyl (C=O) groups is 1. The molecular weight excluding hydrogens is 234 g/mol. The third-order valence-electron chi connectivity index (χ3n) is 1.34. The average molecular weight is 242 g/mol. The molecule has 4 heteroatoms. The number of anilines is 1. The number of nitrogens with one attached hydrogen (secondary N) is 1. The van der Waals surface area contributed by atoms with Crippen LogP contribution in [-0.2, 0) is 4.79 Å². The standard InChI is InChI=1S/C9H8BrNO2/c10-7-3-1-2-4-8(7)11-6-5-9(12)13/h1-6,11H,(H,12,13)/b6-5+. The lowest BCUT2D eigenvalue weighted by Crippen LogP contribution is -1.92. The Balaban J connectivity index is 2.64. The number of aliphatic carboxylic acids is 1. The first-order chi connectivity index (χ1) is 6.20. The Labute approximate surface area is 84.2 Å². The Morgan fingerprint density at radius 1 is 1.46 bits per heavy atom. The van der Waals surface area contributed by atoms with E-state index in [0.29, 0.717) is 0 Å². The second-order valence-electron chi connectivity index (χ2n) is 2.30. The molecule has 1 aromatic rings. The summed E-state index contributed by atoms with van der Waals surface area (Å²) in [6, 6.07) is 7.46. The van der Waals surface area contributed by atoms with Crippen molar-refractivity contribution in [1.82, 2.24) is 0 Å². The van der Waals surface area contributed by atoms with Crippen molar-refractivity contribution in [2.45, 2.75) is 0 Å². The summed E-state index contributed by atoms with van der Waals surface area (Å²) >= 11 is 3.32. The molecule has 1 rings (SSSR count). The molecule has 0 atom stereocenters. The highest BCUT2D eigenvalue weighted by molar-refractivity contribution is 9.10. The van der Waals surface area contributed by atoms with Crippen LogP contribution in [0.2, 0.25) is 0 Å². The van der Waals surface area contributed by atoms with E-state index in [4.69, 9.17) is 5.11 Å². The molecule has 0 aromatic heterocycles. The van der Waals surface area contributed by atoms with Crippen LogP contribution >= 0.6 is 15.9 Å². The third-order valence-corrected chi connectivity index (χ3v) is 2.03. The summed E-state index contributed by atoms with van der Waals surface area (Å²) in [5.41, 5.74) is 0.833. The van der Waals surface area contributed by atoms with Crippen molar-refractivity contribution < 1.29 is 9.90 Å². The Hall–Kier alpha value is -1.29. The van der Waals surface area contributed by atoms with E-state index in [1.807, 2.05) is 24.3 Å². The van der Waals surface area contributed by atoms with Gasteiger partial charge in [-0.05, 0) is 28.1 Å². The van der Waals surface area contributed by atoms with Gasteiger partial charge in [-0.25, -0.2) is 4.79 Å². The minimum atomic E-state index is -0.973. The maximum atomic E-state index is 10.1. The van der Waals surface area contributed by atoms with Crippen LogP contribution < -0.4 is 5.32 Å². The molecule has 0 heterocycles. The summed E-state index contributed by atoms with van der Waals surface area (Å²) < 4.78 is 0.894. The van der Waals surface area contributed by atoms with Crippen LogP contribution in [0.15, 0.2) is 41.0 Å². The van der Waals surface area contributed by atoms with E-state index in [1.54, 1.807) is 0 Å². The molecule has 0 amide bonds. The minimum absolute atomic E-state index is 0.833. The van der Waals surface area contributed by atoms with Gasteiger partial charge in [-0.3, -0.25) is 0 Å². The highest BCUT2D eigenvalue weighted by atomic mass is 79.9. The van der Waals surface area contributed by atoms with Crippen molar-refractivity contribution in [2.24, 2.45) is 0 Å². The predicted molar refractivity (Wildman–Crippen MR) is 54.5 cm³/mol. The van der Waals surface area contributed by atoms with E-state index >= 15 is 0 Å². The molecule has 68 valence electrons. The van der Waals surface area contributed by atoms with Gasteiger partial charge in [0.1, 0.15) is 0 Å². The van der Waals surface area contributed by atoms with Gasteiger partial charge in [0.25, 0.3) is 0 Å². The van der Waals surface area contributed by atoms with Crippen molar-refractivity contribution >= 4 is 27.6 Å². The van der Waals surface area contributed by atoms with Gasteiger partial charge < -0.3 is 10.4 Å². The van der Waals surface area contributed by atoms with E-state index in [-0.39, 0.29) is 0 Å². The molecular formula is C9H8BrNO2. The van der Waals surface area contributed by atoms with Crippen LogP contribution in [0.25, 0.3) is 0 Å². The molecule has 3 nitrogen and oxygen atoms in total. The first-order valence-corrected chi connectivity index (χ1v) is 4.40. The zero-order chi connectivity index (χ0) is 9.68. The molecule has 0 aliphatic carbocycles. The number of hydrogen-bond donors (Lipinski definition) is 2. The molecule has 0 bridgehead atoms. The molecule has 0 radical (unpaired) electrons. The number of hydrogen-bond acceptors (Lipinski definition) is 2. The quantitative estimate of drug-likeness (QED) is 0.800. The highest BCUT2D eigenvalue weighted by Gasteiger charge is 1.93. The van der Waals surface area contributed by atoms with Crippen molar-refractivity contribution in [3.63, 3.8) is 0 Å². The summed E-state index contributed by atoms with van der Waals surface area (Å²) in [6.07, 6.45) is 2.42. The van der Waals surface area contributed by atoms with Crippen LogP contribution in [-0.4, -0.2) is 11.1 Å². The van der Waals surface area contributed by atoms with Crippen molar-refractivity contribution in [3.05, 3.63) is 41.0 Å². The highest BCUT2D eigenvalue weighted by Crippen LogP contribution is 2.20. The lowest BCUT2D eigenvalue weighted by Gasteiger charge is -2.01. The largest absolute Gasteiger partial charge is 0.478 e. The van der Waals surface area contributed by atoms with Crippen LogP contribution in [0, 0.1) is 0 Å². The van der Waals surface area contributed by atoms with Gasteiger partial charge in [-0.1, -0.05) is 12.1 Å². The van der Waals surface area contributed by atoms with E-state index in [9.17, 15) is 4.79 Å². The second kappa shape index (κ2) is 4.67. The number of benzene rings is 1. The van der Waals surface area contributed by atoms with Gasteiger partial charge >= 0.3 is 5.97 Å². The van der Waals surface area contributed by atoms with Crippen LogP contribution in [0.1, 0.15) is 0 Å². The Bertz CT molecular complexity index is 336. The summed E-state index contributed by atoms with van der Waals surface area (Å²) in [5, 5.41) is 11.2. The first-order valence-electron chi connectivity index (χ1n) is 3.60. The summed E-state index contributed by atoms with van der Waals surface area (Å²) in [5.74, 6) is -0.973. The molecule has 13 heavy (non-hydrogen) atoms. The Kier molecular flexibility index (Phi) is 3.52. The second-order valence-corrected chi connectivity index (χ2v) is 3.15. The number of carboxylic acid groups (broad SMARTS) is 1. The molecule has 0 unspecified atom stereocenters. The minimum Gasteiger partial charge on any atom is -0.478 e. The fourth-order valence-corrected chi connectivity index (χ4v) is 1.18. The maximum absolute atomic E-state index is 10.1. The van der Waals surface area contributed by atoms with E-state index in [1.165, 1.54) is 6.20 Å². The van der Waals surface area contributed by atoms with E-state index in [2.05, 4.69) is 21.2 Å². The summed E-state index contributed by atoms with van der Waals surface area (Å²) in [7, 11) is 0. The average Bonchev–Trinajstić information content (AvgIpc) is 2.08. The topological polar surface area (TPSA) is 49.3 Å². The number of halogens is 1.